The van der Waals surface area contributed by atoms with Gasteiger partial charge in [-0.25, -0.2) is 0 Å². The molecule has 0 aliphatic rings. The van der Waals surface area contributed by atoms with Crippen LogP contribution in [0.3, 0.4) is 0 Å². The van der Waals surface area contributed by atoms with E-state index in [1.807, 2.05) is 19.1 Å². The van der Waals surface area contributed by atoms with Gasteiger partial charge in [-0.2, -0.15) is 0 Å². The largest absolute Gasteiger partial charge is 0.409 e. The Morgan fingerprint density at radius 3 is 2.88 bits per heavy atom. The fourth-order valence-electron chi connectivity index (χ4n) is 1.50. The topological polar surface area (TPSA) is 80.7 Å². The van der Waals surface area contributed by atoms with Crippen LogP contribution in [0.5, 0.6) is 0 Å². The highest BCUT2D eigenvalue weighted by Crippen LogP contribution is 2.03. The van der Waals surface area contributed by atoms with E-state index >= 15 is 0 Å². The molecule has 0 radical (unpaired) electrons. The van der Waals surface area contributed by atoms with Crippen molar-refractivity contribution < 1.29 is 9.94 Å². The summed E-state index contributed by atoms with van der Waals surface area (Å²) >= 11 is 0. The van der Waals surface area contributed by atoms with Crippen molar-refractivity contribution in [1.29, 1.82) is 0 Å². The third kappa shape index (κ3) is 5.87. The molecule has 1 unspecified atom stereocenters. The molecule has 94 valence electrons. The molecule has 1 heterocycles. The maximum Gasteiger partial charge on any atom is 0.141 e. The van der Waals surface area contributed by atoms with Crippen LogP contribution in [0.1, 0.15) is 25.3 Å². The summed E-state index contributed by atoms with van der Waals surface area (Å²) in [6, 6.07) is 4.00. The minimum absolute atomic E-state index is 0.0247. The molecule has 0 aliphatic heterocycles. The van der Waals surface area contributed by atoms with Crippen molar-refractivity contribution in [3.63, 3.8) is 0 Å². The van der Waals surface area contributed by atoms with Gasteiger partial charge in [-0.3, -0.25) is 4.98 Å². The number of oxime groups is 1. The number of nitrogens with zero attached hydrogens (tertiary/aromatic N) is 2. The first-order valence-corrected chi connectivity index (χ1v) is 5.69. The van der Waals surface area contributed by atoms with Crippen LogP contribution in [0.25, 0.3) is 0 Å². The number of aromatic nitrogens is 1. The van der Waals surface area contributed by atoms with Crippen molar-refractivity contribution in [1.82, 2.24) is 4.98 Å². The summed E-state index contributed by atoms with van der Waals surface area (Å²) in [5.74, 6) is 0.201. The molecule has 1 aromatic heterocycles. The van der Waals surface area contributed by atoms with Crippen LogP contribution in [0.4, 0.5) is 0 Å². The fourth-order valence-corrected chi connectivity index (χ4v) is 1.50. The summed E-state index contributed by atoms with van der Waals surface area (Å²) in [6.45, 7) is 2.58. The lowest BCUT2D eigenvalue weighted by atomic mass is 10.1. The van der Waals surface area contributed by atoms with Gasteiger partial charge >= 0.3 is 0 Å². The van der Waals surface area contributed by atoms with Crippen molar-refractivity contribution in [2.24, 2.45) is 10.9 Å². The molecule has 1 aromatic rings. The summed E-state index contributed by atoms with van der Waals surface area (Å²) < 4.78 is 5.55. The summed E-state index contributed by atoms with van der Waals surface area (Å²) in [6.07, 6.45) is 5.92. The van der Waals surface area contributed by atoms with Crippen LogP contribution >= 0.6 is 0 Å². The number of ether oxygens (including phenoxy) is 1. The molecule has 0 amide bonds. The summed E-state index contributed by atoms with van der Waals surface area (Å²) in [5, 5.41) is 11.3. The second-order valence-electron chi connectivity index (χ2n) is 3.94. The first kappa shape index (κ1) is 13.4. The van der Waals surface area contributed by atoms with Gasteiger partial charge in [0.1, 0.15) is 5.84 Å². The smallest absolute Gasteiger partial charge is 0.141 e. The van der Waals surface area contributed by atoms with E-state index in [2.05, 4.69) is 10.1 Å². The van der Waals surface area contributed by atoms with Gasteiger partial charge in [0.15, 0.2) is 0 Å². The van der Waals surface area contributed by atoms with Gasteiger partial charge in [0.2, 0.25) is 0 Å². The van der Waals surface area contributed by atoms with Crippen molar-refractivity contribution in [2.75, 3.05) is 6.61 Å². The van der Waals surface area contributed by atoms with Crippen molar-refractivity contribution >= 4 is 5.84 Å². The number of hydrogen-bond donors (Lipinski definition) is 2. The number of pyridine rings is 1. The molecule has 1 rings (SSSR count). The number of aryl methyl sites for hydroxylation is 1. The molecule has 5 nitrogen and oxygen atoms in total. The molecule has 0 spiro atoms. The number of nitrogens with two attached hydrogens (primary N) is 1. The minimum Gasteiger partial charge on any atom is -0.409 e. The molecule has 3 N–H and O–H groups in total. The average molecular weight is 237 g/mol. The van der Waals surface area contributed by atoms with Crippen LogP contribution in [0.15, 0.2) is 29.7 Å². The monoisotopic (exact) mass is 237 g/mol. The number of amidine groups is 1. The molecule has 0 bridgehead atoms. The molecule has 0 saturated heterocycles. The molecular weight excluding hydrogens is 218 g/mol. The quantitative estimate of drug-likeness (QED) is 0.248. The molecule has 0 aliphatic carbocycles. The van der Waals surface area contributed by atoms with Gasteiger partial charge in [0.25, 0.3) is 0 Å². The normalized spacial score (nSPS) is 13.6. The molecule has 0 aromatic carbocycles. The van der Waals surface area contributed by atoms with Gasteiger partial charge in [-0.05, 0) is 37.5 Å². The van der Waals surface area contributed by atoms with E-state index in [1.54, 1.807) is 12.4 Å². The molecule has 0 fully saturated rings. The second kappa shape index (κ2) is 7.62. The molecule has 5 heteroatoms. The fraction of sp³-hybridized carbons (Fsp3) is 0.500. The molecule has 0 saturated carbocycles. The highest BCUT2D eigenvalue weighted by atomic mass is 16.5. The maximum absolute atomic E-state index is 8.41. The van der Waals surface area contributed by atoms with Gasteiger partial charge in [0.05, 0.1) is 6.10 Å². The highest BCUT2D eigenvalue weighted by molar-refractivity contribution is 5.79. The summed E-state index contributed by atoms with van der Waals surface area (Å²) in [7, 11) is 0. The lowest BCUT2D eigenvalue weighted by Crippen LogP contribution is -2.21. The van der Waals surface area contributed by atoms with Crippen LogP contribution < -0.4 is 5.73 Å². The van der Waals surface area contributed by atoms with E-state index in [9.17, 15) is 0 Å². The Kier molecular flexibility index (Phi) is 6.03. The van der Waals surface area contributed by atoms with E-state index in [0.29, 0.717) is 13.0 Å². The van der Waals surface area contributed by atoms with Crippen LogP contribution in [-0.4, -0.2) is 28.7 Å². The van der Waals surface area contributed by atoms with Gasteiger partial charge in [-0.1, -0.05) is 5.16 Å². The molecular formula is C12H19N3O2. The zero-order valence-corrected chi connectivity index (χ0v) is 10.0. The van der Waals surface area contributed by atoms with Crippen LogP contribution in [0, 0.1) is 0 Å². The first-order valence-electron chi connectivity index (χ1n) is 5.69. The second-order valence-corrected chi connectivity index (χ2v) is 3.94. The summed E-state index contributed by atoms with van der Waals surface area (Å²) in [4.78, 5) is 3.96. The first-order chi connectivity index (χ1) is 8.22. The minimum atomic E-state index is -0.0247. The van der Waals surface area contributed by atoms with E-state index in [1.165, 1.54) is 5.56 Å². The Balaban J connectivity index is 2.12. The van der Waals surface area contributed by atoms with Crippen molar-refractivity contribution in [3.05, 3.63) is 30.1 Å². The predicted molar refractivity (Wildman–Crippen MR) is 66.0 cm³/mol. The third-order valence-electron chi connectivity index (χ3n) is 2.39. The van der Waals surface area contributed by atoms with Gasteiger partial charge < -0.3 is 15.7 Å². The maximum atomic E-state index is 8.41. The Morgan fingerprint density at radius 1 is 1.53 bits per heavy atom. The Hall–Kier alpha value is -1.62. The zero-order chi connectivity index (χ0) is 12.5. The van der Waals surface area contributed by atoms with E-state index in [4.69, 9.17) is 15.7 Å². The lowest BCUT2D eigenvalue weighted by molar-refractivity contribution is 0.0687. The SMILES string of the molecule is CC(CC(N)=NO)OCCCc1ccncc1. The Labute approximate surface area is 101 Å². The third-order valence-corrected chi connectivity index (χ3v) is 2.39. The van der Waals surface area contributed by atoms with E-state index in [-0.39, 0.29) is 11.9 Å². The van der Waals surface area contributed by atoms with Crippen LogP contribution in [0.2, 0.25) is 0 Å². The number of hydrogen-bond acceptors (Lipinski definition) is 4. The van der Waals surface area contributed by atoms with Crippen molar-refractivity contribution in [2.45, 2.75) is 32.3 Å². The Bertz CT molecular complexity index is 341. The number of rotatable bonds is 7. The van der Waals surface area contributed by atoms with E-state index in [0.717, 1.165) is 12.8 Å². The van der Waals surface area contributed by atoms with Gasteiger partial charge in [0, 0.05) is 25.4 Å². The van der Waals surface area contributed by atoms with Crippen LogP contribution in [-0.2, 0) is 11.2 Å². The van der Waals surface area contributed by atoms with E-state index < -0.39 is 0 Å². The standard InChI is InChI=1S/C12H19N3O2/c1-10(9-12(13)15-16)17-8-2-3-11-4-6-14-7-5-11/h4-7,10,16H,2-3,8-9H2,1H3,(H2,13,15). The molecule has 17 heavy (non-hydrogen) atoms. The predicted octanol–water partition coefficient (Wildman–Crippen LogP) is 1.56. The highest BCUT2D eigenvalue weighted by Gasteiger charge is 2.04. The summed E-state index contributed by atoms with van der Waals surface area (Å²) in [5.41, 5.74) is 6.64. The average Bonchev–Trinajstić information content (AvgIpc) is 2.36. The zero-order valence-electron chi connectivity index (χ0n) is 10.0. The Morgan fingerprint density at radius 2 is 2.24 bits per heavy atom. The van der Waals surface area contributed by atoms with Crippen molar-refractivity contribution in [3.8, 4) is 0 Å². The lowest BCUT2D eigenvalue weighted by Gasteiger charge is -2.11. The van der Waals surface area contributed by atoms with Gasteiger partial charge in [-0.15, -0.1) is 0 Å². The molecule has 1 atom stereocenters.